The summed E-state index contributed by atoms with van der Waals surface area (Å²) in [5.41, 5.74) is -4.56. The Morgan fingerprint density at radius 2 is 1.97 bits per heavy atom. The number of aromatic nitrogens is 3. The summed E-state index contributed by atoms with van der Waals surface area (Å²) in [6, 6.07) is 5.34. The summed E-state index contributed by atoms with van der Waals surface area (Å²) in [5.74, 6) is 1.12. The van der Waals surface area contributed by atoms with Gasteiger partial charge in [0.05, 0.1) is 6.54 Å². The number of nitrogens with zero attached hydrogens (tertiary/aromatic N) is 5. The molecule has 0 bridgehead atoms. The quantitative estimate of drug-likeness (QED) is 0.340. The maximum absolute atomic E-state index is 12.6. The van der Waals surface area contributed by atoms with Gasteiger partial charge in [0.2, 0.25) is 0 Å². The highest BCUT2D eigenvalue weighted by atomic mass is 127. The van der Waals surface area contributed by atoms with Gasteiger partial charge in [0.25, 0.3) is 0 Å². The predicted octanol–water partition coefficient (Wildman–Crippen LogP) is 1.33. The Labute approximate surface area is 182 Å². The Kier molecular flexibility index (Phi) is 7.67. The molecule has 3 rings (SSSR count). The fourth-order valence-electron chi connectivity index (χ4n) is 2.95. The molecule has 3 heterocycles. The zero-order valence-electron chi connectivity index (χ0n) is 15.4. The molecule has 1 fully saturated rings. The van der Waals surface area contributed by atoms with Gasteiger partial charge >= 0.3 is 15.5 Å². The minimum Gasteiger partial charge on any atom is -0.354 e. The number of halogens is 4. The second-order valence-corrected chi connectivity index (χ2v) is 8.17. The molecule has 162 valence electrons. The predicted molar refractivity (Wildman–Crippen MR) is 111 cm³/mol. The smallest absolute Gasteiger partial charge is 0.354 e. The highest BCUT2D eigenvalue weighted by Crippen LogP contribution is 2.28. The maximum Gasteiger partial charge on any atom is 0.511 e. The number of piperidine rings is 1. The summed E-state index contributed by atoms with van der Waals surface area (Å²) < 4.78 is 63.1. The lowest BCUT2D eigenvalue weighted by atomic mass is 10.1. The molecule has 2 aromatic rings. The fraction of sp³-hybridized carbons (Fsp3) is 0.533. The van der Waals surface area contributed by atoms with E-state index in [2.05, 4.69) is 25.8 Å². The Balaban J connectivity index is 0.00000300. The van der Waals surface area contributed by atoms with Crippen LogP contribution in [0, 0.1) is 0 Å². The van der Waals surface area contributed by atoms with Crippen LogP contribution in [0.2, 0.25) is 0 Å². The van der Waals surface area contributed by atoms with Crippen molar-refractivity contribution in [2.75, 3.05) is 20.1 Å². The maximum atomic E-state index is 12.6. The van der Waals surface area contributed by atoms with E-state index in [1.165, 1.54) is 0 Å². The van der Waals surface area contributed by atoms with Crippen LogP contribution in [-0.2, 0) is 16.6 Å². The molecule has 2 aromatic heterocycles. The number of fused-ring (bicyclic) bond motifs is 1. The van der Waals surface area contributed by atoms with E-state index in [4.69, 9.17) is 0 Å². The summed E-state index contributed by atoms with van der Waals surface area (Å²) >= 11 is 0. The van der Waals surface area contributed by atoms with Crippen LogP contribution in [0.3, 0.4) is 0 Å². The standard InChI is InChI=1S/C15H20F3N7O2S.HI/c1-19-14(20-10-13-23-22-12-4-2-3-7-25(12)13)21-11-5-8-24(9-6-11)28(26,27)15(16,17)18;/h2-4,7,11H,5-6,8-10H2,1H3,(H2,19,20,21);1H. The molecule has 0 radical (unpaired) electrons. The summed E-state index contributed by atoms with van der Waals surface area (Å²) in [7, 11) is -3.71. The van der Waals surface area contributed by atoms with Crippen LogP contribution >= 0.6 is 24.0 Å². The topological polar surface area (TPSA) is 104 Å². The number of guanidine groups is 1. The van der Waals surface area contributed by atoms with Gasteiger partial charge in [0.15, 0.2) is 17.4 Å². The van der Waals surface area contributed by atoms with Crippen molar-refractivity contribution in [3.05, 3.63) is 30.2 Å². The van der Waals surface area contributed by atoms with E-state index in [1.54, 1.807) is 7.05 Å². The highest BCUT2D eigenvalue weighted by Gasteiger charge is 2.50. The minimum atomic E-state index is -5.28. The van der Waals surface area contributed by atoms with Crippen LogP contribution in [-0.4, -0.2) is 65.0 Å². The monoisotopic (exact) mass is 547 g/mol. The van der Waals surface area contributed by atoms with Gasteiger partial charge in [-0.1, -0.05) is 6.07 Å². The van der Waals surface area contributed by atoms with Crippen molar-refractivity contribution in [3.63, 3.8) is 0 Å². The Morgan fingerprint density at radius 3 is 2.59 bits per heavy atom. The van der Waals surface area contributed by atoms with Crippen LogP contribution in [0.5, 0.6) is 0 Å². The second kappa shape index (κ2) is 9.42. The SMILES string of the molecule is CN=C(NCc1nnc2ccccn12)NC1CCN(S(=O)(=O)C(F)(F)F)CC1.I. The third kappa shape index (κ3) is 5.28. The van der Waals surface area contributed by atoms with E-state index in [-0.39, 0.29) is 55.9 Å². The number of hydrogen-bond donors (Lipinski definition) is 2. The number of sulfonamides is 1. The molecule has 2 N–H and O–H groups in total. The lowest BCUT2D eigenvalue weighted by Crippen LogP contribution is -2.51. The van der Waals surface area contributed by atoms with Gasteiger partial charge in [-0.25, -0.2) is 8.42 Å². The first kappa shape index (κ1) is 23.6. The van der Waals surface area contributed by atoms with Crippen LogP contribution in [0.25, 0.3) is 5.65 Å². The third-order valence-electron chi connectivity index (χ3n) is 4.45. The second-order valence-electron chi connectivity index (χ2n) is 6.24. The first-order valence-electron chi connectivity index (χ1n) is 8.54. The van der Waals surface area contributed by atoms with Gasteiger partial charge in [-0.3, -0.25) is 9.39 Å². The third-order valence-corrected chi connectivity index (χ3v) is 6.08. The molecule has 14 heteroatoms. The number of pyridine rings is 1. The van der Waals surface area contributed by atoms with Crippen molar-refractivity contribution in [2.24, 2.45) is 4.99 Å². The van der Waals surface area contributed by atoms with Crippen molar-refractivity contribution in [1.29, 1.82) is 0 Å². The average molecular weight is 547 g/mol. The van der Waals surface area contributed by atoms with Gasteiger partial charge in [-0.2, -0.15) is 17.5 Å². The number of hydrogen-bond acceptors (Lipinski definition) is 5. The average Bonchev–Trinajstić information content (AvgIpc) is 3.08. The molecule has 1 aliphatic heterocycles. The van der Waals surface area contributed by atoms with E-state index in [1.807, 2.05) is 28.8 Å². The van der Waals surface area contributed by atoms with Crippen molar-refractivity contribution in [2.45, 2.75) is 30.9 Å². The molecule has 1 aliphatic rings. The van der Waals surface area contributed by atoms with E-state index >= 15 is 0 Å². The molecule has 0 amide bonds. The lowest BCUT2D eigenvalue weighted by molar-refractivity contribution is -0.0494. The molecule has 0 spiro atoms. The van der Waals surface area contributed by atoms with Gasteiger partial charge in [0, 0.05) is 32.4 Å². The van der Waals surface area contributed by atoms with E-state index < -0.39 is 15.5 Å². The van der Waals surface area contributed by atoms with Gasteiger partial charge < -0.3 is 10.6 Å². The zero-order valence-corrected chi connectivity index (χ0v) is 18.6. The Morgan fingerprint density at radius 1 is 1.28 bits per heavy atom. The number of nitrogens with one attached hydrogen (secondary N) is 2. The van der Waals surface area contributed by atoms with Crippen LogP contribution in [0.1, 0.15) is 18.7 Å². The molecular weight excluding hydrogens is 526 g/mol. The molecule has 0 unspecified atom stereocenters. The molecular formula is C15H21F3IN7O2S. The number of rotatable bonds is 4. The van der Waals surface area contributed by atoms with E-state index in [0.29, 0.717) is 28.3 Å². The Hall–Kier alpha value is -1.68. The van der Waals surface area contributed by atoms with Crippen molar-refractivity contribution < 1.29 is 21.6 Å². The lowest BCUT2D eigenvalue weighted by Gasteiger charge is -2.32. The molecule has 0 atom stereocenters. The summed E-state index contributed by atoms with van der Waals surface area (Å²) in [4.78, 5) is 4.09. The highest BCUT2D eigenvalue weighted by molar-refractivity contribution is 14.0. The van der Waals surface area contributed by atoms with Crippen molar-refractivity contribution in [3.8, 4) is 0 Å². The molecule has 29 heavy (non-hydrogen) atoms. The minimum absolute atomic E-state index is 0. The summed E-state index contributed by atoms with van der Waals surface area (Å²) in [6.45, 7) is -0.0667. The summed E-state index contributed by atoms with van der Waals surface area (Å²) in [6.07, 6.45) is 2.31. The number of alkyl halides is 3. The first-order valence-corrected chi connectivity index (χ1v) is 9.98. The van der Waals surface area contributed by atoms with Crippen molar-refractivity contribution >= 4 is 45.6 Å². The molecule has 1 saturated heterocycles. The van der Waals surface area contributed by atoms with Crippen LogP contribution in [0.4, 0.5) is 13.2 Å². The first-order chi connectivity index (χ1) is 13.2. The van der Waals surface area contributed by atoms with E-state index in [9.17, 15) is 21.6 Å². The van der Waals surface area contributed by atoms with E-state index in [0.717, 1.165) is 0 Å². The molecule has 0 saturated carbocycles. The van der Waals surface area contributed by atoms with Gasteiger partial charge in [0.1, 0.15) is 0 Å². The summed E-state index contributed by atoms with van der Waals surface area (Å²) in [5, 5.41) is 14.3. The molecule has 9 nitrogen and oxygen atoms in total. The number of aliphatic imine (C=N–C) groups is 1. The molecule has 0 aliphatic carbocycles. The van der Waals surface area contributed by atoms with Crippen molar-refractivity contribution in [1.82, 2.24) is 29.5 Å². The van der Waals surface area contributed by atoms with Gasteiger partial charge in [-0.15, -0.1) is 34.2 Å². The Bertz CT molecular complexity index is 956. The zero-order chi connectivity index (χ0) is 20.4. The molecule has 0 aromatic carbocycles. The van der Waals surface area contributed by atoms with Gasteiger partial charge in [-0.05, 0) is 25.0 Å². The fourth-order valence-corrected chi connectivity index (χ4v) is 3.93. The largest absolute Gasteiger partial charge is 0.511 e. The normalized spacial score (nSPS) is 17.2. The van der Waals surface area contributed by atoms with Crippen LogP contribution < -0.4 is 10.6 Å². The van der Waals surface area contributed by atoms with Crippen LogP contribution in [0.15, 0.2) is 29.4 Å².